The Labute approximate surface area is 160 Å². The van der Waals surface area contributed by atoms with Crippen LogP contribution in [-0.2, 0) is 20.9 Å². The van der Waals surface area contributed by atoms with Crippen LogP contribution in [0.3, 0.4) is 0 Å². The number of carbonyl (C=O) groups is 3. The zero-order valence-electron chi connectivity index (χ0n) is 14.9. The summed E-state index contributed by atoms with van der Waals surface area (Å²) in [5.41, 5.74) is -0.458. The summed E-state index contributed by atoms with van der Waals surface area (Å²) in [6.07, 6.45) is 2.96. The van der Waals surface area contributed by atoms with E-state index in [0.717, 1.165) is 9.75 Å². The minimum Gasteiger partial charge on any atom is -0.454 e. The minimum absolute atomic E-state index is 0.0507. The number of rotatable bonds is 7. The number of esters is 1. The predicted molar refractivity (Wildman–Crippen MR) is 104 cm³/mol. The van der Waals surface area contributed by atoms with Crippen molar-refractivity contribution in [3.05, 3.63) is 50.4 Å². The first-order valence-corrected chi connectivity index (χ1v) is 9.74. The van der Waals surface area contributed by atoms with Crippen molar-refractivity contribution in [2.24, 2.45) is 5.41 Å². The Hall–Kier alpha value is -2.25. The van der Waals surface area contributed by atoms with Gasteiger partial charge in [-0.15, -0.1) is 22.7 Å². The highest BCUT2D eigenvalue weighted by Crippen LogP contribution is 2.19. The summed E-state index contributed by atoms with van der Waals surface area (Å²) >= 11 is 2.79. The predicted octanol–water partition coefficient (Wildman–Crippen LogP) is 3.91. The molecule has 0 saturated carbocycles. The van der Waals surface area contributed by atoms with Crippen molar-refractivity contribution in [3.63, 3.8) is 0 Å². The van der Waals surface area contributed by atoms with Gasteiger partial charge >= 0.3 is 5.97 Å². The van der Waals surface area contributed by atoms with E-state index in [4.69, 9.17) is 4.74 Å². The van der Waals surface area contributed by atoms with Crippen molar-refractivity contribution in [2.75, 3.05) is 6.61 Å². The van der Waals surface area contributed by atoms with Crippen molar-refractivity contribution in [1.29, 1.82) is 0 Å². The second-order valence-corrected chi connectivity index (χ2v) is 8.73. The third-order valence-electron chi connectivity index (χ3n) is 3.31. The van der Waals surface area contributed by atoms with Gasteiger partial charge in [0.25, 0.3) is 0 Å². The SMILES string of the molecule is CC(C)(C)C(=O)NCc1ccc(C(=O)COC(=O)/C=C/c2cccs2)s1. The highest BCUT2D eigenvalue weighted by atomic mass is 32.1. The fraction of sp³-hybridized carbons (Fsp3) is 0.316. The smallest absolute Gasteiger partial charge is 0.331 e. The molecule has 26 heavy (non-hydrogen) atoms. The van der Waals surface area contributed by atoms with Gasteiger partial charge in [-0.05, 0) is 29.7 Å². The zero-order valence-corrected chi connectivity index (χ0v) is 16.5. The maximum Gasteiger partial charge on any atom is 0.331 e. The second kappa shape index (κ2) is 8.91. The molecule has 1 amide bonds. The number of carbonyl (C=O) groups excluding carboxylic acids is 3. The molecule has 1 N–H and O–H groups in total. The molecule has 2 rings (SSSR count). The number of amides is 1. The molecule has 2 aromatic rings. The molecule has 0 aliphatic rings. The molecule has 0 spiro atoms. The van der Waals surface area contributed by atoms with Crippen LogP contribution in [0.2, 0.25) is 0 Å². The summed E-state index contributed by atoms with van der Waals surface area (Å²) in [6, 6.07) is 7.24. The summed E-state index contributed by atoms with van der Waals surface area (Å²) in [5.74, 6) is -0.868. The third-order valence-corrected chi connectivity index (χ3v) is 5.28. The molecule has 0 saturated heterocycles. The Morgan fingerprint density at radius 2 is 1.96 bits per heavy atom. The number of hydrogen-bond acceptors (Lipinski definition) is 6. The van der Waals surface area contributed by atoms with E-state index >= 15 is 0 Å². The van der Waals surface area contributed by atoms with Gasteiger partial charge in [0, 0.05) is 21.2 Å². The zero-order chi connectivity index (χ0) is 19.2. The number of thiophene rings is 2. The van der Waals surface area contributed by atoms with Crippen molar-refractivity contribution in [1.82, 2.24) is 5.32 Å². The van der Waals surface area contributed by atoms with Crippen LogP contribution in [0.5, 0.6) is 0 Å². The van der Waals surface area contributed by atoms with Crippen molar-refractivity contribution in [3.8, 4) is 0 Å². The largest absolute Gasteiger partial charge is 0.454 e. The van der Waals surface area contributed by atoms with Crippen molar-refractivity contribution < 1.29 is 19.1 Å². The lowest BCUT2D eigenvalue weighted by molar-refractivity contribution is -0.136. The van der Waals surface area contributed by atoms with Gasteiger partial charge in [-0.1, -0.05) is 26.8 Å². The lowest BCUT2D eigenvalue weighted by Crippen LogP contribution is -2.34. The molecule has 0 fully saturated rings. The Bertz CT molecular complexity index is 798. The fourth-order valence-electron chi connectivity index (χ4n) is 1.85. The lowest BCUT2D eigenvalue weighted by atomic mass is 9.96. The average Bonchev–Trinajstić information content (AvgIpc) is 3.26. The van der Waals surface area contributed by atoms with E-state index in [1.807, 2.05) is 38.3 Å². The molecule has 2 heterocycles. The van der Waals surface area contributed by atoms with Gasteiger partial charge in [0.2, 0.25) is 11.7 Å². The van der Waals surface area contributed by atoms with Gasteiger partial charge in [-0.2, -0.15) is 0 Å². The highest BCUT2D eigenvalue weighted by Gasteiger charge is 2.21. The van der Waals surface area contributed by atoms with Crippen LogP contribution in [0.25, 0.3) is 6.08 Å². The number of Topliss-reactive ketones (excluding diaryl/α,β-unsaturated/α-hetero) is 1. The van der Waals surface area contributed by atoms with Gasteiger partial charge in [0.1, 0.15) is 0 Å². The summed E-state index contributed by atoms with van der Waals surface area (Å²) in [7, 11) is 0. The Morgan fingerprint density at radius 3 is 2.62 bits per heavy atom. The molecule has 0 atom stereocenters. The van der Waals surface area contributed by atoms with Crippen LogP contribution >= 0.6 is 22.7 Å². The van der Waals surface area contributed by atoms with E-state index in [0.29, 0.717) is 11.4 Å². The molecule has 0 radical (unpaired) electrons. The molecular weight excluding hydrogens is 370 g/mol. The first-order chi connectivity index (χ1) is 12.3. The molecule has 138 valence electrons. The average molecular weight is 392 g/mol. The lowest BCUT2D eigenvalue weighted by Gasteiger charge is -2.17. The van der Waals surface area contributed by atoms with Crippen molar-refractivity contribution >= 4 is 46.4 Å². The monoisotopic (exact) mass is 391 g/mol. The summed E-state index contributed by atoms with van der Waals surface area (Å²) in [5, 5.41) is 4.75. The van der Waals surface area contributed by atoms with Gasteiger partial charge < -0.3 is 10.1 Å². The molecule has 0 bridgehead atoms. The first-order valence-electron chi connectivity index (χ1n) is 8.04. The van der Waals surface area contributed by atoms with Gasteiger partial charge in [-0.3, -0.25) is 9.59 Å². The Balaban J connectivity index is 1.80. The van der Waals surface area contributed by atoms with Crippen LogP contribution in [0.4, 0.5) is 0 Å². The van der Waals surface area contributed by atoms with E-state index in [-0.39, 0.29) is 18.3 Å². The van der Waals surface area contributed by atoms with Gasteiger partial charge in [0.05, 0.1) is 11.4 Å². The topological polar surface area (TPSA) is 72.5 Å². The summed E-state index contributed by atoms with van der Waals surface area (Å²) < 4.78 is 4.97. The maximum atomic E-state index is 12.1. The van der Waals surface area contributed by atoms with E-state index in [9.17, 15) is 14.4 Å². The van der Waals surface area contributed by atoms with Crippen LogP contribution in [0, 0.1) is 5.41 Å². The second-order valence-electron chi connectivity index (χ2n) is 6.58. The Kier molecular flexibility index (Phi) is 6.88. The first kappa shape index (κ1) is 20.1. The van der Waals surface area contributed by atoms with Crippen LogP contribution in [0.15, 0.2) is 35.7 Å². The molecule has 0 aliphatic carbocycles. The van der Waals surface area contributed by atoms with Gasteiger partial charge in [0.15, 0.2) is 6.61 Å². The van der Waals surface area contributed by atoms with E-state index in [1.54, 1.807) is 18.2 Å². The van der Waals surface area contributed by atoms with Crippen molar-refractivity contribution in [2.45, 2.75) is 27.3 Å². The van der Waals surface area contributed by atoms with E-state index in [1.165, 1.54) is 28.7 Å². The molecule has 0 aliphatic heterocycles. The molecule has 7 heteroatoms. The van der Waals surface area contributed by atoms with E-state index < -0.39 is 11.4 Å². The minimum atomic E-state index is -0.555. The number of ketones is 1. The molecule has 2 aromatic heterocycles. The Morgan fingerprint density at radius 1 is 1.19 bits per heavy atom. The maximum absolute atomic E-state index is 12.1. The number of nitrogens with one attached hydrogen (secondary N) is 1. The quantitative estimate of drug-likeness (QED) is 0.441. The molecular formula is C19H21NO4S2. The number of hydrogen-bond donors (Lipinski definition) is 1. The number of ether oxygens (including phenoxy) is 1. The normalized spacial score (nSPS) is 11.5. The van der Waals surface area contributed by atoms with Crippen LogP contribution in [-0.4, -0.2) is 24.3 Å². The van der Waals surface area contributed by atoms with Crippen LogP contribution in [0.1, 0.15) is 40.2 Å². The molecule has 5 nitrogen and oxygen atoms in total. The summed E-state index contributed by atoms with van der Waals surface area (Å²) in [4.78, 5) is 37.9. The summed E-state index contributed by atoms with van der Waals surface area (Å²) in [6.45, 7) is 5.59. The van der Waals surface area contributed by atoms with Crippen LogP contribution < -0.4 is 5.32 Å². The highest BCUT2D eigenvalue weighted by molar-refractivity contribution is 7.14. The van der Waals surface area contributed by atoms with E-state index in [2.05, 4.69) is 5.32 Å². The molecule has 0 unspecified atom stereocenters. The molecule has 0 aromatic carbocycles. The fourth-order valence-corrected chi connectivity index (χ4v) is 3.34. The standard InChI is InChI=1S/C19H21NO4S2/c1-19(2,3)18(23)20-11-14-6-8-16(26-14)15(21)12-24-17(22)9-7-13-5-4-10-25-13/h4-10H,11-12H2,1-3H3,(H,20,23)/b9-7+. The third kappa shape index (κ3) is 6.24. The van der Waals surface area contributed by atoms with Gasteiger partial charge in [-0.25, -0.2) is 4.79 Å².